The summed E-state index contributed by atoms with van der Waals surface area (Å²) in [5.74, 6) is 0. The molecular weight excluding hydrogens is 212 g/mol. The normalized spacial score (nSPS) is 14.8. The van der Waals surface area contributed by atoms with Crippen molar-refractivity contribution in [2.45, 2.75) is 25.7 Å². The van der Waals surface area contributed by atoms with Crippen LogP contribution >= 0.6 is 0 Å². The number of aliphatic hydroxyl groups is 1. The van der Waals surface area contributed by atoms with Crippen molar-refractivity contribution in [3.8, 4) is 0 Å². The standard InChI is InChI=1S/C14H20OSi/c1-16(2,3)12-11-14(15)10-9-13-7-5-4-6-8-13/h4-12,14-15H,1-3H3/b10-9+,12-11+. The van der Waals surface area contributed by atoms with Gasteiger partial charge in [0.05, 0.1) is 14.2 Å². The summed E-state index contributed by atoms with van der Waals surface area (Å²) in [5, 5.41) is 9.72. The highest BCUT2D eigenvalue weighted by Gasteiger charge is 2.07. The van der Waals surface area contributed by atoms with E-state index < -0.39 is 14.2 Å². The fourth-order valence-electron chi connectivity index (χ4n) is 1.23. The zero-order valence-corrected chi connectivity index (χ0v) is 11.2. The highest BCUT2D eigenvalue weighted by atomic mass is 28.3. The Kier molecular flexibility index (Phi) is 4.71. The largest absolute Gasteiger partial charge is 0.385 e. The van der Waals surface area contributed by atoms with Gasteiger partial charge >= 0.3 is 0 Å². The maximum atomic E-state index is 9.72. The second-order valence-electron chi connectivity index (χ2n) is 4.99. The molecule has 1 atom stereocenters. The van der Waals surface area contributed by atoms with Crippen molar-refractivity contribution in [3.05, 3.63) is 53.7 Å². The highest BCUT2D eigenvalue weighted by Crippen LogP contribution is 2.05. The molecule has 1 nitrogen and oxygen atoms in total. The van der Waals surface area contributed by atoms with Crippen LogP contribution in [0.15, 0.2) is 48.2 Å². The first-order valence-electron chi connectivity index (χ1n) is 5.58. The van der Waals surface area contributed by atoms with Gasteiger partial charge in [-0.25, -0.2) is 0 Å². The Balaban J connectivity index is 2.55. The van der Waals surface area contributed by atoms with Gasteiger partial charge in [0.25, 0.3) is 0 Å². The summed E-state index contributed by atoms with van der Waals surface area (Å²) < 4.78 is 0. The van der Waals surface area contributed by atoms with Gasteiger partial charge in [0.2, 0.25) is 0 Å². The molecule has 0 aliphatic carbocycles. The van der Waals surface area contributed by atoms with E-state index in [-0.39, 0.29) is 0 Å². The average molecular weight is 232 g/mol. The van der Waals surface area contributed by atoms with Gasteiger partial charge in [0.15, 0.2) is 0 Å². The van der Waals surface area contributed by atoms with Crippen molar-refractivity contribution in [3.63, 3.8) is 0 Å². The van der Waals surface area contributed by atoms with Gasteiger partial charge in [-0.2, -0.15) is 0 Å². The van der Waals surface area contributed by atoms with Crippen LogP contribution in [-0.4, -0.2) is 19.3 Å². The highest BCUT2D eigenvalue weighted by molar-refractivity contribution is 6.80. The first-order valence-corrected chi connectivity index (χ1v) is 9.16. The Bertz CT molecular complexity index is 360. The third-order valence-electron chi connectivity index (χ3n) is 2.08. The number of hydrogen-bond acceptors (Lipinski definition) is 1. The van der Waals surface area contributed by atoms with E-state index in [1.165, 1.54) is 0 Å². The van der Waals surface area contributed by atoms with Crippen LogP contribution in [0.5, 0.6) is 0 Å². The lowest BCUT2D eigenvalue weighted by molar-refractivity contribution is 0.272. The van der Waals surface area contributed by atoms with E-state index in [9.17, 15) is 5.11 Å². The molecule has 0 bridgehead atoms. The van der Waals surface area contributed by atoms with E-state index in [4.69, 9.17) is 0 Å². The zero-order chi connectivity index (χ0) is 12.0. The molecule has 0 amide bonds. The molecule has 0 saturated carbocycles. The molecule has 0 radical (unpaired) electrons. The maximum absolute atomic E-state index is 9.72. The van der Waals surface area contributed by atoms with Gasteiger partial charge in [-0.15, -0.1) is 0 Å². The molecule has 1 aromatic carbocycles. The molecule has 0 saturated heterocycles. The molecule has 0 heterocycles. The average Bonchev–Trinajstić information content (AvgIpc) is 2.24. The van der Waals surface area contributed by atoms with Crippen LogP contribution in [0, 0.1) is 0 Å². The van der Waals surface area contributed by atoms with Gasteiger partial charge < -0.3 is 5.11 Å². The summed E-state index contributed by atoms with van der Waals surface area (Å²) in [4.78, 5) is 0. The summed E-state index contributed by atoms with van der Waals surface area (Å²) >= 11 is 0. The van der Waals surface area contributed by atoms with Crippen LogP contribution in [0.4, 0.5) is 0 Å². The maximum Gasteiger partial charge on any atom is 0.0902 e. The summed E-state index contributed by atoms with van der Waals surface area (Å²) in [6.07, 6.45) is 5.16. The van der Waals surface area contributed by atoms with E-state index in [0.29, 0.717) is 0 Å². The molecule has 0 spiro atoms. The first-order chi connectivity index (χ1) is 7.47. The van der Waals surface area contributed by atoms with Crippen molar-refractivity contribution >= 4 is 14.1 Å². The van der Waals surface area contributed by atoms with Gasteiger partial charge in [-0.3, -0.25) is 0 Å². The van der Waals surface area contributed by atoms with E-state index in [2.05, 4.69) is 25.3 Å². The summed E-state index contributed by atoms with van der Waals surface area (Å²) in [6, 6.07) is 10.0. The van der Waals surface area contributed by atoms with Crippen molar-refractivity contribution in [1.29, 1.82) is 0 Å². The van der Waals surface area contributed by atoms with E-state index in [0.717, 1.165) is 5.56 Å². The molecule has 1 unspecified atom stereocenters. The summed E-state index contributed by atoms with van der Waals surface area (Å²) in [5.41, 5.74) is 3.27. The van der Waals surface area contributed by atoms with Crippen LogP contribution in [0.2, 0.25) is 19.6 Å². The predicted molar refractivity (Wildman–Crippen MR) is 74.0 cm³/mol. The quantitative estimate of drug-likeness (QED) is 0.788. The SMILES string of the molecule is C[Si](C)(C)/C=C/C(O)/C=C/c1ccccc1. The monoisotopic (exact) mass is 232 g/mol. The first kappa shape index (κ1) is 12.9. The Morgan fingerprint density at radius 3 is 2.25 bits per heavy atom. The number of hydrogen-bond donors (Lipinski definition) is 1. The van der Waals surface area contributed by atoms with Crippen LogP contribution in [0.25, 0.3) is 6.08 Å². The van der Waals surface area contributed by atoms with E-state index in [1.54, 1.807) is 0 Å². The van der Waals surface area contributed by atoms with Crippen LogP contribution in [-0.2, 0) is 0 Å². The Hall–Kier alpha value is -1.12. The molecule has 0 aliphatic rings. The number of rotatable bonds is 4. The lowest BCUT2D eigenvalue weighted by Crippen LogP contribution is -2.16. The third-order valence-corrected chi connectivity index (χ3v) is 3.27. The van der Waals surface area contributed by atoms with Gasteiger partial charge in [0.1, 0.15) is 0 Å². The lowest BCUT2D eigenvalue weighted by Gasteiger charge is -2.09. The number of benzene rings is 1. The molecule has 2 heteroatoms. The Morgan fingerprint density at radius 2 is 1.69 bits per heavy atom. The predicted octanol–water partition coefficient (Wildman–Crippen LogP) is 3.49. The number of aliphatic hydroxyl groups excluding tert-OH is 1. The summed E-state index contributed by atoms with van der Waals surface area (Å²) in [6.45, 7) is 6.74. The molecule has 16 heavy (non-hydrogen) atoms. The van der Waals surface area contributed by atoms with Gasteiger partial charge in [0, 0.05) is 0 Å². The zero-order valence-electron chi connectivity index (χ0n) is 10.2. The molecule has 1 N–H and O–H groups in total. The molecule has 0 aromatic heterocycles. The van der Waals surface area contributed by atoms with Crippen molar-refractivity contribution in [2.24, 2.45) is 0 Å². The third kappa shape index (κ3) is 5.68. The van der Waals surface area contributed by atoms with Gasteiger partial charge in [-0.05, 0) is 5.56 Å². The minimum atomic E-state index is -1.20. The van der Waals surface area contributed by atoms with E-state index in [1.807, 2.05) is 48.6 Å². The van der Waals surface area contributed by atoms with E-state index >= 15 is 0 Å². The van der Waals surface area contributed by atoms with Crippen LogP contribution in [0.1, 0.15) is 5.56 Å². The van der Waals surface area contributed by atoms with Crippen LogP contribution < -0.4 is 0 Å². The Morgan fingerprint density at radius 1 is 1.06 bits per heavy atom. The van der Waals surface area contributed by atoms with Crippen LogP contribution in [0.3, 0.4) is 0 Å². The fourth-order valence-corrected chi connectivity index (χ4v) is 2.00. The molecule has 86 valence electrons. The minimum absolute atomic E-state index is 0.480. The smallest absolute Gasteiger partial charge is 0.0902 e. The topological polar surface area (TPSA) is 20.2 Å². The molecule has 1 rings (SSSR count). The van der Waals surface area contributed by atoms with Crippen molar-refractivity contribution < 1.29 is 5.11 Å². The molecule has 1 aromatic rings. The molecule has 0 fully saturated rings. The Labute approximate surface area is 99.1 Å². The second-order valence-corrected chi connectivity index (χ2v) is 10.1. The molecular formula is C14H20OSi. The lowest BCUT2D eigenvalue weighted by atomic mass is 10.2. The minimum Gasteiger partial charge on any atom is -0.385 e. The molecule has 0 aliphatic heterocycles. The van der Waals surface area contributed by atoms with Crippen molar-refractivity contribution in [1.82, 2.24) is 0 Å². The fraction of sp³-hybridized carbons (Fsp3) is 0.286. The summed E-state index contributed by atoms with van der Waals surface area (Å²) in [7, 11) is -1.20. The van der Waals surface area contributed by atoms with Crippen molar-refractivity contribution in [2.75, 3.05) is 0 Å². The second kappa shape index (κ2) is 5.82. The van der Waals surface area contributed by atoms with Gasteiger partial charge in [-0.1, -0.05) is 73.9 Å².